The lowest BCUT2D eigenvalue weighted by Gasteiger charge is -2.47. The van der Waals surface area contributed by atoms with Gasteiger partial charge in [-0.3, -0.25) is 4.79 Å². The Bertz CT molecular complexity index is 488. The number of ether oxygens (including phenoxy) is 1. The van der Waals surface area contributed by atoms with Crippen LogP contribution in [0, 0.1) is 0 Å². The number of carbonyl (C=O) groups excluding carboxylic acids is 1. The van der Waals surface area contributed by atoms with Crippen LogP contribution in [0.25, 0.3) is 0 Å². The number of carbonyl (C=O) groups is 1. The Morgan fingerprint density at radius 3 is 3.10 bits per heavy atom. The maximum absolute atomic E-state index is 12.0. The summed E-state index contributed by atoms with van der Waals surface area (Å²) in [6, 6.07) is 5.73. The summed E-state index contributed by atoms with van der Waals surface area (Å²) in [7, 11) is 0. The van der Waals surface area contributed by atoms with Crippen molar-refractivity contribution in [3.8, 4) is 5.88 Å². The monoisotopic (exact) mass is 306 g/mol. The largest absolute Gasteiger partial charge is 0.473 e. The highest BCUT2D eigenvalue weighted by atomic mass is 32.2. The molecule has 3 heterocycles. The van der Waals surface area contributed by atoms with E-state index < -0.39 is 0 Å². The maximum atomic E-state index is 12.0. The summed E-state index contributed by atoms with van der Waals surface area (Å²) in [6.45, 7) is 3.90. The fraction of sp³-hybridized carbons (Fsp3) is 0.625. The van der Waals surface area contributed by atoms with Gasteiger partial charge in [0.1, 0.15) is 6.10 Å². The molecule has 2 fully saturated rings. The Hall–Kier alpha value is -1.23. The number of thioether (sulfide) groups is 1. The quantitative estimate of drug-likeness (QED) is 0.839. The lowest BCUT2D eigenvalue weighted by molar-refractivity contribution is -0.136. The van der Waals surface area contributed by atoms with Crippen LogP contribution in [0.15, 0.2) is 24.4 Å². The van der Waals surface area contributed by atoms with Crippen LogP contribution < -0.4 is 4.74 Å². The van der Waals surface area contributed by atoms with Crippen molar-refractivity contribution in [2.45, 2.75) is 43.5 Å². The third kappa shape index (κ3) is 3.34. The number of aromatic nitrogens is 1. The zero-order valence-corrected chi connectivity index (χ0v) is 13.3. The van der Waals surface area contributed by atoms with Crippen LogP contribution in [-0.2, 0) is 4.79 Å². The minimum atomic E-state index is 0.220. The van der Waals surface area contributed by atoms with Crippen LogP contribution in [0.4, 0.5) is 0 Å². The Kier molecular flexibility index (Phi) is 4.38. The molecule has 1 aromatic heterocycles. The molecule has 1 atom stereocenters. The SMILES string of the molecule is CCCCC(=O)N1CC2(CC(Oc3ccccn3)CS2)C1. The summed E-state index contributed by atoms with van der Waals surface area (Å²) in [5.74, 6) is 2.01. The number of pyridine rings is 1. The zero-order valence-electron chi connectivity index (χ0n) is 12.5. The number of likely N-dealkylation sites (tertiary alicyclic amines) is 1. The minimum absolute atomic E-state index is 0.220. The van der Waals surface area contributed by atoms with E-state index in [4.69, 9.17) is 4.74 Å². The average Bonchev–Trinajstić information content (AvgIpc) is 2.88. The highest BCUT2D eigenvalue weighted by molar-refractivity contribution is 8.01. The van der Waals surface area contributed by atoms with Crippen LogP contribution in [-0.4, -0.2) is 45.5 Å². The number of nitrogens with zero attached hydrogens (tertiary/aromatic N) is 2. The summed E-state index contributed by atoms with van der Waals surface area (Å²) >= 11 is 1.96. The Morgan fingerprint density at radius 1 is 1.52 bits per heavy atom. The average molecular weight is 306 g/mol. The van der Waals surface area contributed by atoms with Crippen LogP contribution in [0.2, 0.25) is 0 Å². The molecule has 2 aliphatic heterocycles. The molecule has 0 saturated carbocycles. The van der Waals surface area contributed by atoms with E-state index in [-0.39, 0.29) is 10.9 Å². The lowest BCUT2D eigenvalue weighted by atomic mass is 9.92. The summed E-state index contributed by atoms with van der Waals surface area (Å²) in [5.41, 5.74) is 0. The topological polar surface area (TPSA) is 42.4 Å². The second-order valence-corrected chi connectivity index (χ2v) is 7.45. The van der Waals surface area contributed by atoms with Crippen LogP contribution >= 0.6 is 11.8 Å². The first kappa shape index (κ1) is 14.7. The molecule has 1 spiro atoms. The third-order valence-corrected chi connectivity index (χ3v) is 5.73. The van der Waals surface area contributed by atoms with Gasteiger partial charge in [0.05, 0.1) is 4.75 Å². The van der Waals surface area contributed by atoms with Gasteiger partial charge in [-0.15, -0.1) is 11.8 Å². The second-order valence-electron chi connectivity index (χ2n) is 5.96. The molecular weight excluding hydrogens is 284 g/mol. The van der Waals surface area contributed by atoms with Crippen LogP contribution in [0.3, 0.4) is 0 Å². The normalized spacial score (nSPS) is 23.1. The van der Waals surface area contributed by atoms with Gasteiger partial charge in [0.25, 0.3) is 0 Å². The first-order valence-electron chi connectivity index (χ1n) is 7.70. The summed E-state index contributed by atoms with van der Waals surface area (Å²) in [5, 5.41) is 0. The van der Waals surface area contributed by atoms with E-state index in [2.05, 4.69) is 11.9 Å². The van der Waals surface area contributed by atoms with Gasteiger partial charge in [-0.05, 0) is 12.5 Å². The zero-order chi connectivity index (χ0) is 14.7. The van der Waals surface area contributed by atoms with E-state index in [0.29, 0.717) is 18.2 Å². The van der Waals surface area contributed by atoms with Crippen molar-refractivity contribution >= 4 is 17.7 Å². The number of hydrogen-bond acceptors (Lipinski definition) is 4. The summed E-state index contributed by atoms with van der Waals surface area (Å²) in [4.78, 5) is 18.2. The molecule has 2 aliphatic rings. The molecule has 5 heteroatoms. The van der Waals surface area contributed by atoms with Gasteiger partial charge in [0.2, 0.25) is 11.8 Å². The van der Waals surface area contributed by atoms with Gasteiger partial charge in [0.15, 0.2) is 0 Å². The molecule has 2 saturated heterocycles. The summed E-state index contributed by atoms with van der Waals surface area (Å²) in [6.07, 6.45) is 5.78. The number of hydrogen-bond donors (Lipinski definition) is 0. The fourth-order valence-corrected chi connectivity index (χ4v) is 4.52. The molecule has 0 radical (unpaired) electrons. The van der Waals surface area contributed by atoms with Gasteiger partial charge >= 0.3 is 0 Å². The van der Waals surface area contributed by atoms with Crippen molar-refractivity contribution in [3.05, 3.63) is 24.4 Å². The van der Waals surface area contributed by atoms with Gasteiger partial charge < -0.3 is 9.64 Å². The first-order chi connectivity index (χ1) is 10.2. The lowest BCUT2D eigenvalue weighted by Crippen LogP contribution is -2.60. The van der Waals surface area contributed by atoms with E-state index in [1.54, 1.807) is 6.20 Å². The van der Waals surface area contributed by atoms with E-state index in [0.717, 1.165) is 38.1 Å². The molecule has 3 rings (SSSR count). The van der Waals surface area contributed by atoms with Crippen molar-refractivity contribution in [2.24, 2.45) is 0 Å². The molecule has 4 nitrogen and oxygen atoms in total. The minimum Gasteiger partial charge on any atom is -0.473 e. The van der Waals surface area contributed by atoms with Crippen molar-refractivity contribution in [2.75, 3.05) is 18.8 Å². The predicted molar refractivity (Wildman–Crippen MR) is 84.6 cm³/mol. The third-order valence-electron chi connectivity index (χ3n) is 4.16. The van der Waals surface area contributed by atoms with Gasteiger partial charge in [-0.25, -0.2) is 4.98 Å². The van der Waals surface area contributed by atoms with E-state index in [1.807, 2.05) is 34.9 Å². The van der Waals surface area contributed by atoms with Crippen molar-refractivity contribution < 1.29 is 9.53 Å². The molecule has 1 amide bonds. The Balaban J connectivity index is 1.47. The van der Waals surface area contributed by atoms with Crippen molar-refractivity contribution in [3.63, 3.8) is 0 Å². The highest BCUT2D eigenvalue weighted by Gasteiger charge is 2.51. The molecule has 114 valence electrons. The Labute approximate surface area is 130 Å². The van der Waals surface area contributed by atoms with Gasteiger partial charge in [-0.2, -0.15) is 0 Å². The van der Waals surface area contributed by atoms with E-state index in [1.165, 1.54) is 0 Å². The molecule has 1 aromatic rings. The number of amides is 1. The fourth-order valence-electron chi connectivity index (χ4n) is 3.00. The van der Waals surface area contributed by atoms with Crippen molar-refractivity contribution in [1.29, 1.82) is 0 Å². The van der Waals surface area contributed by atoms with Gasteiger partial charge in [0, 0.05) is 43.9 Å². The maximum Gasteiger partial charge on any atom is 0.222 e. The molecule has 0 aliphatic carbocycles. The van der Waals surface area contributed by atoms with Crippen LogP contribution in [0.5, 0.6) is 5.88 Å². The second kappa shape index (κ2) is 6.26. The molecular formula is C16H22N2O2S. The molecule has 1 unspecified atom stereocenters. The number of rotatable bonds is 5. The van der Waals surface area contributed by atoms with E-state index >= 15 is 0 Å². The van der Waals surface area contributed by atoms with Crippen molar-refractivity contribution in [1.82, 2.24) is 9.88 Å². The highest BCUT2D eigenvalue weighted by Crippen LogP contribution is 2.46. The smallest absolute Gasteiger partial charge is 0.222 e. The molecule has 21 heavy (non-hydrogen) atoms. The summed E-state index contributed by atoms with van der Waals surface area (Å²) < 4.78 is 6.17. The standard InChI is InChI=1S/C16H22N2O2S/c1-2-3-7-15(19)18-11-16(12-18)9-13(10-21-16)20-14-6-4-5-8-17-14/h4-6,8,13H,2-3,7,9-12H2,1H3. The van der Waals surface area contributed by atoms with E-state index in [9.17, 15) is 4.79 Å². The molecule has 0 aromatic carbocycles. The number of unbranched alkanes of at least 4 members (excludes halogenated alkanes) is 1. The molecule has 0 N–H and O–H groups in total. The predicted octanol–water partition coefficient (Wildman–Crippen LogP) is 2.74. The van der Waals surface area contributed by atoms with Crippen LogP contribution in [0.1, 0.15) is 32.6 Å². The first-order valence-corrected chi connectivity index (χ1v) is 8.69. The van der Waals surface area contributed by atoms with Gasteiger partial charge in [-0.1, -0.05) is 19.4 Å². The molecule has 0 bridgehead atoms. The Morgan fingerprint density at radius 2 is 2.38 bits per heavy atom.